The third kappa shape index (κ3) is 3.59. The number of anilines is 4. The van der Waals surface area contributed by atoms with Gasteiger partial charge in [-0.05, 0) is 36.4 Å². The van der Waals surface area contributed by atoms with Crippen molar-refractivity contribution in [1.82, 2.24) is 9.97 Å². The molecule has 0 atom stereocenters. The Hall–Kier alpha value is -2.47. The first-order valence-corrected chi connectivity index (χ1v) is 7.37. The number of hydrogen-bond acceptors (Lipinski definition) is 4. The van der Waals surface area contributed by atoms with E-state index < -0.39 is 0 Å². The molecule has 0 spiro atoms. The molecule has 0 amide bonds. The molecule has 0 saturated heterocycles. The summed E-state index contributed by atoms with van der Waals surface area (Å²) in [6.45, 7) is 0. The summed E-state index contributed by atoms with van der Waals surface area (Å²) in [5.74, 6) is 0.611. The molecule has 0 saturated carbocycles. The lowest BCUT2D eigenvalue weighted by Gasteiger charge is -2.09. The van der Waals surface area contributed by atoms with Gasteiger partial charge in [0.15, 0.2) is 0 Å². The summed E-state index contributed by atoms with van der Waals surface area (Å²) in [5.41, 5.74) is 1.23. The Bertz CT molecular complexity index is 794. The van der Waals surface area contributed by atoms with E-state index in [-0.39, 0.29) is 5.82 Å². The van der Waals surface area contributed by atoms with Crippen molar-refractivity contribution in [3.05, 3.63) is 71.1 Å². The van der Waals surface area contributed by atoms with E-state index in [4.69, 9.17) is 0 Å². The van der Waals surface area contributed by atoms with Gasteiger partial charge in [0.25, 0.3) is 0 Å². The summed E-state index contributed by atoms with van der Waals surface area (Å²) in [5, 5.41) is 6.03. The average molecular weight is 359 g/mol. The van der Waals surface area contributed by atoms with Gasteiger partial charge in [-0.1, -0.05) is 34.1 Å². The van der Waals surface area contributed by atoms with E-state index in [0.29, 0.717) is 17.5 Å². The molecule has 2 N–H and O–H groups in total. The maximum absolute atomic E-state index is 13.6. The second kappa shape index (κ2) is 6.53. The second-order valence-electron chi connectivity index (χ2n) is 4.51. The van der Waals surface area contributed by atoms with Crippen LogP contribution in [0.25, 0.3) is 0 Å². The Morgan fingerprint density at radius 1 is 0.955 bits per heavy atom. The first-order chi connectivity index (χ1) is 10.7. The molecule has 4 nitrogen and oxygen atoms in total. The van der Waals surface area contributed by atoms with Gasteiger partial charge >= 0.3 is 0 Å². The molecular weight excluding hydrogens is 347 g/mol. The van der Waals surface area contributed by atoms with Crippen molar-refractivity contribution < 1.29 is 4.39 Å². The minimum atomic E-state index is -0.331. The summed E-state index contributed by atoms with van der Waals surface area (Å²) in [7, 11) is 0. The molecular formula is C16H12BrFN4. The third-order valence-corrected chi connectivity index (χ3v) is 3.37. The first kappa shape index (κ1) is 14.5. The second-order valence-corrected chi connectivity index (χ2v) is 5.42. The monoisotopic (exact) mass is 358 g/mol. The zero-order valence-corrected chi connectivity index (χ0v) is 13.0. The average Bonchev–Trinajstić information content (AvgIpc) is 2.50. The van der Waals surface area contributed by atoms with E-state index in [9.17, 15) is 4.39 Å². The van der Waals surface area contributed by atoms with E-state index in [1.165, 1.54) is 6.07 Å². The Morgan fingerprint density at radius 3 is 2.64 bits per heavy atom. The van der Waals surface area contributed by atoms with Crippen LogP contribution in [-0.2, 0) is 0 Å². The van der Waals surface area contributed by atoms with Gasteiger partial charge in [-0.2, -0.15) is 4.98 Å². The Kier molecular flexibility index (Phi) is 4.29. The Morgan fingerprint density at radius 2 is 1.82 bits per heavy atom. The van der Waals surface area contributed by atoms with Gasteiger partial charge in [0.2, 0.25) is 5.95 Å². The van der Waals surface area contributed by atoms with Crippen LogP contribution < -0.4 is 10.6 Å². The third-order valence-electron chi connectivity index (χ3n) is 2.87. The summed E-state index contributed by atoms with van der Waals surface area (Å²) in [4.78, 5) is 8.48. The molecule has 0 aliphatic carbocycles. The van der Waals surface area contributed by atoms with E-state index in [1.54, 1.807) is 30.5 Å². The van der Waals surface area contributed by atoms with Crippen molar-refractivity contribution in [2.45, 2.75) is 0 Å². The molecule has 0 unspecified atom stereocenters. The van der Waals surface area contributed by atoms with Gasteiger partial charge in [-0.25, -0.2) is 9.37 Å². The summed E-state index contributed by atoms with van der Waals surface area (Å²) >= 11 is 3.41. The number of para-hydroxylation sites is 1. The molecule has 2 aromatic carbocycles. The van der Waals surface area contributed by atoms with E-state index in [2.05, 4.69) is 36.5 Å². The van der Waals surface area contributed by atoms with Crippen LogP contribution in [0.5, 0.6) is 0 Å². The highest BCUT2D eigenvalue weighted by Crippen LogP contribution is 2.21. The summed E-state index contributed by atoms with van der Waals surface area (Å²) in [6.07, 6.45) is 1.61. The number of nitrogens with zero attached hydrogens (tertiary/aromatic N) is 2. The lowest BCUT2D eigenvalue weighted by molar-refractivity contribution is 0.632. The van der Waals surface area contributed by atoms with Crippen molar-refractivity contribution >= 4 is 39.1 Å². The van der Waals surface area contributed by atoms with Gasteiger partial charge in [0.1, 0.15) is 11.6 Å². The molecule has 22 heavy (non-hydrogen) atoms. The highest BCUT2D eigenvalue weighted by Gasteiger charge is 2.04. The molecule has 3 rings (SSSR count). The molecule has 0 aliphatic heterocycles. The standard InChI is InChI=1S/C16H12BrFN4/c17-11-4-3-5-12(10-11)20-16-19-9-8-15(22-16)21-14-7-2-1-6-13(14)18/h1-10H,(H2,19,20,21,22). The van der Waals surface area contributed by atoms with Gasteiger partial charge in [-0.3, -0.25) is 0 Å². The Labute approximate surface area is 135 Å². The number of hydrogen-bond donors (Lipinski definition) is 2. The molecule has 0 bridgehead atoms. The van der Waals surface area contributed by atoms with Crippen LogP contribution in [0.3, 0.4) is 0 Å². The van der Waals surface area contributed by atoms with Crippen LogP contribution in [0.15, 0.2) is 65.3 Å². The lowest BCUT2D eigenvalue weighted by atomic mass is 10.3. The number of nitrogens with one attached hydrogen (secondary N) is 2. The lowest BCUT2D eigenvalue weighted by Crippen LogP contribution is -2.01. The zero-order chi connectivity index (χ0) is 15.4. The number of aromatic nitrogens is 2. The van der Waals surface area contributed by atoms with Crippen LogP contribution >= 0.6 is 15.9 Å². The maximum Gasteiger partial charge on any atom is 0.229 e. The van der Waals surface area contributed by atoms with Crippen LogP contribution in [-0.4, -0.2) is 9.97 Å². The normalized spacial score (nSPS) is 10.3. The highest BCUT2D eigenvalue weighted by molar-refractivity contribution is 9.10. The predicted molar refractivity (Wildman–Crippen MR) is 89.1 cm³/mol. The van der Waals surface area contributed by atoms with E-state index >= 15 is 0 Å². The first-order valence-electron chi connectivity index (χ1n) is 6.58. The van der Waals surface area contributed by atoms with Gasteiger partial charge in [0, 0.05) is 16.4 Å². The van der Waals surface area contributed by atoms with Crippen LogP contribution in [0.1, 0.15) is 0 Å². The van der Waals surface area contributed by atoms with Crippen LogP contribution in [0.2, 0.25) is 0 Å². The molecule has 110 valence electrons. The molecule has 1 heterocycles. The topological polar surface area (TPSA) is 49.8 Å². The van der Waals surface area contributed by atoms with Crippen molar-refractivity contribution in [3.8, 4) is 0 Å². The largest absolute Gasteiger partial charge is 0.338 e. The zero-order valence-electron chi connectivity index (χ0n) is 11.4. The van der Waals surface area contributed by atoms with Crippen molar-refractivity contribution in [2.24, 2.45) is 0 Å². The predicted octanol–water partition coefficient (Wildman–Crippen LogP) is 4.87. The quantitative estimate of drug-likeness (QED) is 0.698. The summed E-state index contributed by atoms with van der Waals surface area (Å²) in [6, 6.07) is 15.8. The number of benzene rings is 2. The summed E-state index contributed by atoms with van der Waals surface area (Å²) < 4.78 is 14.6. The van der Waals surface area contributed by atoms with E-state index in [0.717, 1.165) is 10.2 Å². The molecule has 6 heteroatoms. The Balaban J connectivity index is 1.79. The fourth-order valence-electron chi connectivity index (χ4n) is 1.88. The highest BCUT2D eigenvalue weighted by atomic mass is 79.9. The number of halogens is 2. The smallest absolute Gasteiger partial charge is 0.229 e. The van der Waals surface area contributed by atoms with E-state index in [1.807, 2.05) is 24.3 Å². The SMILES string of the molecule is Fc1ccccc1Nc1ccnc(Nc2cccc(Br)c2)n1. The molecule has 3 aromatic rings. The molecule has 1 aromatic heterocycles. The van der Waals surface area contributed by atoms with Crippen molar-refractivity contribution in [1.29, 1.82) is 0 Å². The maximum atomic E-state index is 13.6. The molecule has 0 fully saturated rings. The minimum Gasteiger partial charge on any atom is -0.338 e. The fourth-order valence-corrected chi connectivity index (χ4v) is 2.28. The fraction of sp³-hybridized carbons (Fsp3) is 0. The minimum absolute atomic E-state index is 0.331. The van der Waals surface area contributed by atoms with Crippen LogP contribution in [0, 0.1) is 5.82 Å². The van der Waals surface area contributed by atoms with Gasteiger partial charge in [-0.15, -0.1) is 0 Å². The molecule has 0 aliphatic rings. The molecule has 0 radical (unpaired) electrons. The van der Waals surface area contributed by atoms with Gasteiger partial charge in [0.05, 0.1) is 5.69 Å². The number of rotatable bonds is 4. The van der Waals surface area contributed by atoms with Crippen molar-refractivity contribution in [2.75, 3.05) is 10.6 Å². The van der Waals surface area contributed by atoms with Crippen molar-refractivity contribution in [3.63, 3.8) is 0 Å². The van der Waals surface area contributed by atoms with Crippen LogP contribution in [0.4, 0.5) is 27.5 Å². The van der Waals surface area contributed by atoms with Gasteiger partial charge < -0.3 is 10.6 Å².